The molecule has 0 aliphatic heterocycles. The smallest absolute Gasteiger partial charge is 0.0719 e. The van der Waals surface area contributed by atoms with Gasteiger partial charge in [-0.2, -0.15) is 0 Å². The molecule has 4 heteroatoms. The van der Waals surface area contributed by atoms with Crippen LogP contribution < -0.4 is 4.90 Å². The second-order valence-corrected chi connectivity index (χ2v) is 18.8. The van der Waals surface area contributed by atoms with E-state index in [1.807, 2.05) is 18.3 Å². The van der Waals surface area contributed by atoms with Gasteiger partial charge in [-0.15, -0.1) is 17.9 Å². The average molecular weight is 866 g/mol. The average Bonchev–Trinajstić information content (AvgIpc) is 4.11. The summed E-state index contributed by atoms with van der Waals surface area (Å²) >= 11 is 1.89. The van der Waals surface area contributed by atoms with E-state index in [0.717, 1.165) is 28.4 Å². The zero-order valence-electron chi connectivity index (χ0n) is 37.2. The van der Waals surface area contributed by atoms with Crippen LogP contribution in [0.15, 0.2) is 225 Å². The fourth-order valence-electron chi connectivity index (χ4n) is 10.5. The van der Waals surface area contributed by atoms with Crippen LogP contribution in [-0.4, -0.2) is 9.13 Å². The molecule has 3 aromatic heterocycles. The van der Waals surface area contributed by atoms with E-state index < -0.39 is 0 Å². The Morgan fingerprint density at radius 2 is 1.12 bits per heavy atom. The molecule has 9 aromatic carbocycles. The van der Waals surface area contributed by atoms with Crippen molar-refractivity contribution in [3.05, 3.63) is 236 Å². The number of fused-ring (bicyclic) bond motifs is 11. The van der Waals surface area contributed by atoms with Gasteiger partial charge in [-0.1, -0.05) is 141 Å². The predicted molar refractivity (Wildman–Crippen MR) is 284 cm³/mol. The Labute approximate surface area is 389 Å². The first-order chi connectivity index (χ1) is 32.4. The van der Waals surface area contributed by atoms with E-state index >= 15 is 0 Å². The molecule has 0 bridgehead atoms. The first-order valence-corrected chi connectivity index (χ1v) is 23.6. The molecule has 0 atom stereocenters. The molecule has 0 fully saturated rings. The maximum atomic E-state index is 3.36. The summed E-state index contributed by atoms with van der Waals surface area (Å²) in [5, 5.41) is 6.33. The van der Waals surface area contributed by atoms with Crippen molar-refractivity contribution in [2.45, 2.75) is 26.2 Å². The van der Waals surface area contributed by atoms with Crippen molar-refractivity contribution < 1.29 is 0 Å². The van der Waals surface area contributed by atoms with Gasteiger partial charge >= 0.3 is 0 Å². The molecule has 316 valence electrons. The van der Waals surface area contributed by atoms with Crippen molar-refractivity contribution in [1.82, 2.24) is 9.13 Å². The first kappa shape index (κ1) is 39.7. The highest BCUT2D eigenvalue weighted by Crippen LogP contribution is 2.51. The summed E-state index contributed by atoms with van der Waals surface area (Å²) in [5.74, 6) is 0. The molecule has 1 aliphatic rings. The number of benzene rings is 9. The third kappa shape index (κ3) is 6.24. The van der Waals surface area contributed by atoms with Crippen LogP contribution in [0, 0.1) is 0 Å². The molecular weight excluding hydrogens is 819 g/mol. The highest BCUT2D eigenvalue weighted by molar-refractivity contribution is 7.26. The van der Waals surface area contributed by atoms with Crippen molar-refractivity contribution in [3.8, 4) is 33.6 Å². The van der Waals surface area contributed by atoms with Crippen LogP contribution >= 0.6 is 11.3 Å². The lowest BCUT2D eigenvalue weighted by molar-refractivity contribution is 0.660. The lowest BCUT2D eigenvalue weighted by atomic mass is 9.82. The Hall–Kier alpha value is -7.92. The lowest BCUT2D eigenvalue weighted by Crippen LogP contribution is -2.16. The molecule has 0 spiro atoms. The number of hydrogen-bond donors (Lipinski definition) is 0. The summed E-state index contributed by atoms with van der Waals surface area (Å²) in [6.45, 7) is 9.97. The fourth-order valence-corrected chi connectivity index (χ4v) is 11.7. The van der Waals surface area contributed by atoms with Crippen LogP contribution in [-0.2, 0) is 5.41 Å². The number of hydrogen-bond acceptors (Lipinski definition) is 2. The second kappa shape index (κ2) is 15.7. The van der Waals surface area contributed by atoms with E-state index in [-0.39, 0.29) is 5.41 Å². The summed E-state index contributed by atoms with van der Waals surface area (Å²) in [5.41, 5.74) is 17.0. The molecule has 0 saturated carbocycles. The minimum Gasteiger partial charge on any atom is -0.317 e. The Morgan fingerprint density at radius 3 is 1.89 bits per heavy atom. The van der Waals surface area contributed by atoms with Gasteiger partial charge in [0.25, 0.3) is 0 Å². The van der Waals surface area contributed by atoms with E-state index in [0.29, 0.717) is 0 Å². The molecule has 0 radical (unpaired) electrons. The van der Waals surface area contributed by atoms with Gasteiger partial charge in [0.05, 0.1) is 21.3 Å². The first-order valence-electron chi connectivity index (χ1n) is 22.7. The monoisotopic (exact) mass is 865 g/mol. The van der Waals surface area contributed by atoms with Crippen molar-refractivity contribution in [1.29, 1.82) is 0 Å². The molecule has 0 saturated heterocycles. The van der Waals surface area contributed by atoms with Gasteiger partial charge in [-0.05, 0) is 125 Å². The molecular formula is C62H47N3S. The van der Waals surface area contributed by atoms with E-state index in [4.69, 9.17) is 0 Å². The highest BCUT2D eigenvalue weighted by Gasteiger charge is 2.35. The van der Waals surface area contributed by atoms with E-state index in [9.17, 15) is 0 Å². The third-order valence-corrected chi connectivity index (χ3v) is 14.7. The SMILES string of the molecule is C=CC.CC1(C)c2ccccc2-c2ccc(N(c3ccc(-c4ccccc4)cc3)c3ccc(-n4c5cc6ccn(-c7ccccc7)c6cc5c5ccc6c7ccccc7sc6c54)cc3)cc21. The number of anilines is 3. The van der Waals surface area contributed by atoms with Crippen LogP contribution in [0.5, 0.6) is 0 Å². The van der Waals surface area contributed by atoms with Crippen LogP contribution in [0.1, 0.15) is 31.9 Å². The van der Waals surface area contributed by atoms with E-state index in [2.05, 4.69) is 247 Å². The minimum absolute atomic E-state index is 0.114. The van der Waals surface area contributed by atoms with Gasteiger partial charge in [-0.25, -0.2) is 0 Å². The number of rotatable bonds is 6. The summed E-state index contributed by atoms with van der Waals surface area (Å²) in [7, 11) is 0. The fraction of sp³-hybridized carbons (Fsp3) is 0.0645. The predicted octanol–water partition coefficient (Wildman–Crippen LogP) is 17.7. The van der Waals surface area contributed by atoms with Gasteiger partial charge in [0, 0.05) is 71.7 Å². The molecule has 1 aliphatic carbocycles. The number of aromatic nitrogens is 2. The Bertz CT molecular complexity index is 3790. The summed E-state index contributed by atoms with van der Waals surface area (Å²) in [4.78, 5) is 2.42. The maximum Gasteiger partial charge on any atom is 0.0719 e. The summed E-state index contributed by atoms with van der Waals surface area (Å²) in [6, 6.07) is 76.1. The topological polar surface area (TPSA) is 13.1 Å². The van der Waals surface area contributed by atoms with Crippen molar-refractivity contribution in [3.63, 3.8) is 0 Å². The van der Waals surface area contributed by atoms with Gasteiger partial charge in [-0.3, -0.25) is 0 Å². The van der Waals surface area contributed by atoms with Crippen molar-refractivity contribution >= 4 is 81.3 Å². The van der Waals surface area contributed by atoms with Crippen LogP contribution in [0.2, 0.25) is 0 Å². The highest BCUT2D eigenvalue weighted by atomic mass is 32.1. The van der Waals surface area contributed by atoms with Gasteiger partial charge in [0.1, 0.15) is 0 Å². The minimum atomic E-state index is -0.114. The largest absolute Gasteiger partial charge is 0.317 e. The van der Waals surface area contributed by atoms with Crippen LogP contribution in [0.4, 0.5) is 17.1 Å². The summed E-state index contributed by atoms with van der Waals surface area (Å²) < 4.78 is 7.44. The molecule has 12 aromatic rings. The molecule has 0 unspecified atom stereocenters. The van der Waals surface area contributed by atoms with E-state index in [1.54, 1.807) is 6.08 Å². The molecule has 3 heterocycles. The molecule has 0 N–H and O–H groups in total. The van der Waals surface area contributed by atoms with Gasteiger partial charge in [0.15, 0.2) is 0 Å². The summed E-state index contributed by atoms with van der Waals surface area (Å²) in [6.07, 6.45) is 3.95. The second-order valence-electron chi connectivity index (χ2n) is 17.8. The number of para-hydroxylation sites is 1. The quantitative estimate of drug-likeness (QED) is 0.152. The number of allylic oxidation sites excluding steroid dienone is 1. The lowest BCUT2D eigenvalue weighted by Gasteiger charge is -2.28. The molecule has 3 nitrogen and oxygen atoms in total. The Morgan fingerprint density at radius 1 is 0.500 bits per heavy atom. The molecule has 66 heavy (non-hydrogen) atoms. The number of thiophene rings is 1. The zero-order valence-corrected chi connectivity index (χ0v) is 38.1. The van der Waals surface area contributed by atoms with Crippen molar-refractivity contribution in [2.24, 2.45) is 0 Å². The number of nitrogens with zero attached hydrogens (tertiary/aromatic N) is 3. The molecule has 0 amide bonds. The van der Waals surface area contributed by atoms with Gasteiger partial charge < -0.3 is 14.0 Å². The third-order valence-electron chi connectivity index (χ3n) is 13.5. The van der Waals surface area contributed by atoms with Crippen LogP contribution in [0.3, 0.4) is 0 Å². The standard InChI is InChI=1S/C59H41N3S.C3H6/c1-59(2)52-19-11-9-17-46(52)47-30-29-45(36-53(47)59)61(42-23-21-39(22-24-42)38-13-5-3-6-14-38)43-25-27-44(28-26-43)62-55-35-40-33-34-60(41-15-7-4-8-16-41)54(40)37-51(55)49-31-32-50-48-18-10-12-20-56(48)63-58(50)57(49)62;1-3-2/h3-37H,1-2H3;3H,1H2,2H3. The normalized spacial score (nSPS) is 12.7. The van der Waals surface area contributed by atoms with Crippen LogP contribution in [0.25, 0.3) is 86.5 Å². The molecule has 13 rings (SSSR count). The maximum absolute atomic E-state index is 3.36. The Kier molecular flexibility index (Phi) is 9.41. The Balaban J connectivity index is 0.00000148. The van der Waals surface area contributed by atoms with Gasteiger partial charge in [0.2, 0.25) is 0 Å². The van der Waals surface area contributed by atoms with Crippen molar-refractivity contribution in [2.75, 3.05) is 4.90 Å². The van der Waals surface area contributed by atoms with E-state index in [1.165, 1.54) is 86.3 Å². The zero-order chi connectivity index (χ0) is 44.5.